The van der Waals surface area contributed by atoms with Crippen LogP contribution in [0.3, 0.4) is 0 Å². The fourth-order valence-electron chi connectivity index (χ4n) is 0.687. The smallest absolute Gasteiger partial charge is 0.0158 e. The van der Waals surface area contributed by atoms with Crippen LogP contribution in [-0.2, 0) is 0 Å². The molecule has 0 nitrogen and oxygen atoms in total. The number of rotatable bonds is 4. The lowest BCUT2D eigenvalue weighted by molar-refractivity contribution is 0.418. The SMILES string of the molecule is CC(C)C(C)C(C)SSI. The molecule has 0 aromatic heterocycles. The van der Waals surface area contributed by atoms with Crippen molar-refractivity contribution in [2.75, 3.05) is 0 Å². The van der Waals surface area contributed by atoms with Crippen molar-refractivity contribution in [1.82, 2.24) is 0 Å². The van der Waals surface area contributed by atoms with Gasteiger partial charge in [-0.1, -0.05) is 38.5 Å². The molecule has 0 spiro atoms. The molecule has 0 aromatic rings. The van der Waals surface area contributed by atoms with E-state index in [1.54, 1.807) is 0 Å². The van der Waals surface area contributed by atoms with E-state index < -0.39 is 0 Å². The maximum absolute atomic E-state index is 2.34. The normalized spacial score (nSPS) is 17.4. The van der Waals surface area contributed by atoms with Crippen molar-refractivity contribution in [3.63, 3.8) is 0 Å². The molecule has 10 heavy (non-hydrogen) atoms. The highest BCUT2D eigenvalue weighted by molar-refractivity contribution is 14.2. The molecule has 0 N–H and O–H groups in total. The minimum absolute atomic E-state index is 0.780. The van der Waals surface area contributed by atoms with Crippen LogP contribution in [-0.4, -0.2) is 5.25 Å². The van der Waals surface area contributed by atoms with E-state index >= 15 is 0 Å². The first-order chi connectivity index (χ1) is 4.59. The molecule has 62 valence electrons. The van der Waals surface area contributed by atoms with Gasteiger partial charge in [-0.05, 0) is 19.8 Å². The third-order valence-corrected chi connectivity index (χ3v) is 5.78. The summed E-state index contributed by atoms with van der Waals surface area (Å²) in [6.45, 7) is 9.22. The summed E-state index contributed by atoms with van der Waals surface area (Å²) in [5, 5.41) is 0.780. The summed E-state index contributed by atoms with van der Waals surface area (Å²) in [6.07, 6.45) is 0. The molecule has 2 atom stereocenters. The second kappa shape index (κ2) is 6.00. The molecule has 0 saturated heterocycles. The van der Waals surface area contributed by atoms with Crippen molar-refractivity contribution in [3.8, 4) is 0 Å². The molecule has 0 rings (SSSR count). The molecule has 0 saturated carbocycles. The number of halogens is 1. The first kappa shape index (κ1) is 11.4. The van der Waals surface area contributed by atoms with E-state index in [0.29, 0.717) is 0 Å². The van der Waals surface area contributed by atoms with Crippen molar-refractivity contribution in [2.24, 2.45) is 11.8 Å². The van der Waals surface area contributed by atoms with Gasteiger partial charge in [-0.3, -0.25) is 0 Å². The van der Waals surface area contributed by atoms with Crippen molar-refractivity contribution in [3.05, 3.63) is 0 Å². The summed E-state index contributed by atoms with van der Waals surface area (Å²) < 4.78 is 0. The molecular weight excluding hydrogens is 275 g/mol. The molecule has 0 radical (unpaired) electrons. The van der Waals surface area contributed by atoms with E-state index in [-0.39, 0.29) is 0 Å². The summed E-state index contributed by atoms with van der Waals surface area (Å²) in [5.41, 5.74) is 0. The largest absolute Gasteiger partial charge is 0.0796 e. The molecule has 0 aliphatic carbocycles. The second-order valence-corrected chi connectivity index (χ2v) is 8.22. The Morgan fingerprint density at radius 2 is 1.60 bits per heavy atom. The Labute approximate surface area is 84.3 Å². The lowest BCUT2D eigenvalue weighted by atomic mass is 9.95. The average molecular weight is 290 g/mol. The van der Waals surface area contributed by atoms with Gasteiger partial charge in [0.05, 0.1) is 0 Å². The lowest BCUT2D eigenvalue weighted by Gasteiger charge is -2.21. The highest BCUT2D eigenvalue weighted by Gasteiger charge is 2.15. The average Bonchev–Trinajstić information content (AvgIpc) is 1.87. The third-order valence-electron chi connectivity index (χ3n) is 1.98. The Bertz CT molecular complexity index is 85.7. The van der Waals surface area contributed by atoms with E-state index in [2.05, 4.69) is 48.9 Å². The van der Waals surface area contributed by atoms with Gasteiger partial charge in [-0.15, -0.1) is 0 Å². The monoisotopic (exact) mass is 290 g/mol. The van der Waals surface area contributed by atoms with Crippen LogP contribution in [0.25, 0.3) is 0 Å². The molecule has 0 aliphatic heterocycles. The van der Waals surface area contributed by atoms with E-state index in [0.717, 1.165) is 17.1 Å². The Hall–Kier alpha value is 1.43. The van der Waals surface area contributed by atoms with Gasteiger partial charge in [0, 0.05) is 26.5 Å². The van der Waals surface area contributed by atoms with E-state index in [4.69, 9.17) is 0 Å². The molecule has 2 unspecified atom stereocenters. The minimum atomic E-state index is 0.780. The van der Waals surface area contributed by atoms with Crippen LogP contribution in [0.4, 0.5) is 0 Å². The Morgan fingerprint density at radius 3 is 1.90 bits per heavy atom. The summed E-state index contributed by atoms with van der Waals surface area (Å²) in [5.74, 6) is 1.64. The first-order valence-corrected chi connectivity index (χ1v) is 8.29. The molecule has 3 heteroatoms. The zero-order valence-electron chi connectivity index (χ0n) is 6.93. The van der Waals surface area contributed by atoms with Crippen LogP contribution in [0.1, 0.15) is 27.7 Å². The Kier molecular flexibility index (Phi) is 6.86. The molecule has 0 fully saturated rings. The molecular formula is C7H15IS2. The maximum atomic E-state index is 2.34. The predicted octanol–water partition coefficient (Wildman–Crippen LogP) is 4.40. The van der Waals surface area contributed by atoms with Gasteiger partial charge in [0.2, 0.25) is 0 Å². The highest BCUT2D eigenvalue weighted by atomic mass is 127. The summed E-state index contributed by atoms with van der Waals surface area (Å²) in [7, 11) is 3.81. The third kappa shape index (κ3) is 4.34. The van der Waals surface area contributed by atoms with E-state index in [1.807, 2.05) is 18.8 Å². The van der Waals surface area contributed by atoms with Crippen LogP contribution in [0.2, 0.25) is 0 Å². The standard InChI is InChI=1S/C7H15IS2/c1-5(2)6(3)7(4)9-10-8/h5-7H,1-4H3. The lowest BCUT2D eigenvalue weighted by Crippen LogP contribution is -2.14. The fourth-order valence-corrected chi connectivity index (χ4v) is 5.11. The molecule has 0 heterocycles. The Morgan fingerprint density at radius 1 is 1.10 bits per heavy atom. The van der Waals surface area contributed by atoms with Crippen LogP contribution < -0.4 is 0 Å². The van der Waals surface area contributed by atoms with Crippen molar-refractivity contribution in [1.29, 1.82) is 0 Å². The number of hydrogen-bond acceptors (Lipinski definition) is 2. The van der Waals surface area contributed by atoms with Crippen LogP contribution in [0.15, 0.2) is 0 Å². The minimum Gasteiger partial charge on any atom is -0.0796 e. The van der Waals surface area contributed by atoms with Gasteiger partial charge in [0.15, 0.2) is 0 Å². The second-order valence-electron chi connectivity index (χ2n) is 2.97. The van der Waals surface area contributed by atoms with E-state index in [1.165, 1.54) is 0 Å². The molecule has 0 amide bonds. The number of hydrogen-bond donors (Lipinski definition) is 0. The van der Waals surface area contributed by atoms with Gasteiger partial charge < -0.3 is 0 Å². The quantitative estimate of drug-likeness (QED) is 0.556. The summed E-state index contributed by atoms with van der Waals surface area (Å²) >= 11 is 2.34. The van der Waals surface area contributed by atoms with Crippen LogP contribution >= 0.6 is 40.0 Å². The van der Waals surface area contributed by atoms with Gasteiger partial charge in [-0.25, -0.2) is 0 Å². The topological polar surface area (TPSA) is 0 Å². The predicted molar refractivity (Wildman–Crippen MR) is 62.7 cm³/mol. The van der Waals surface area contributed by atoms with Crippen LogP contribution in [0, 0.1) is 11.8 Å². The van der Waals surface area contributed by atoms with Gasteiger partial charge >= 0.3 is 0 Å². The van der Waals surface area contributed by atoms with Gasteiger partial charge in [0.25, 0.3) is 0 Å². The fraction of sp³-hybridized carbons (Fsp3) is 1.00. The highest BCUT2D eigenvalue weighted by Crippen LogP contribution is 2.37. The van der Waals surface area contributed by atoms with Crippen LogP contribution in [0.5, 0.6) is 0 Å². The first-order valence-electron chi connectivity index (χ1n) is 3.53. The Balaban J connectivity index is 3.58. The molecule has 0 aromatic carbocycles. The van der Waals surface area contributed by atoms with E-state index in [9.17, 15) is 0 Å². The van der Waals surface area contributed by atoms with Crippen molar-refractivity contribution >= 4 is 40.0 Å². The van der Waals surface area contributed by atoms with Gasteiger partial charge in [0.1, 0.15) is 0 Å². The zero-order chi connectivity index (χ0) is 8.15. The summed E-state index contributed by atoms with van der Waals surface area (Å²) in [6, 6.07) is 0. The van der Waals surface area contributed by atoms with Crippen molar-refractivity contribution < 1.29 is 0 Å². The molecule has 0 aliphatic rings. The molecule has 0 bridgehead atoms. The zero-order valence-corrected chi connectivity index (χ0v) is 10.7. The van der Waals surface area contributed by atoms with Crippen molar-refractivity contribution in [2.45, 2.75) is 32.9 Å². The summed E-state index contributed by atoms with van der Waals surface area (Å²) in [4.78, 5) is 0. The maximum Gasteiger partial charge on any atom is 0.0158 e. The van der Waals surface area contributed by atoms with Gasteiger partial charge in [-0.2, -0.15) is 0 Å².